The predicted molar refractivity (Wildman–Crippen MR) is 95.8 cm³/mol. The Hall–Kier alpha value is -2.15. The van der Waals surface area contributed by atoms with Crippen molar-refractivity contribution in [1.29, 1.82) is 0 Å². The minimum absolute atomic E-state index is 0.221. The van der Waals surface area contributed by atoms with Crippen LogP contribution in [0.2, 0.25) is 0 Å². The summed E-state index contributed by atoms with van der Waals surface area (Å²) in [5.41, 5.74) is 1.79. The van der Waals surface area contributed by atoms with E-state index in [0.717, 1.165) is 15.6 Å². The van der Waals surface area contributed by atoms with Gasteiger partial charge in [0.2, 0.25) is 0 Å². The Kier molecular flexibility index (Phi) is 7.18. The number of hydrogen-bond acceptors (Lipinski definition) is 2. The van der Waals surface area contributed by atoms with Crippen molar-refractivity contribution >= 4 is 22.0 Å². The van der Waals surface area contributed by atoms with E-state index >= 15 is 0 Å². The Morgan fingerprint density at radius 3 is 2.60 bits per heavy atom. The average molecular weight is 413 g/mol. The van der Waals surface area contributed by atoms with Gasteiger partial charge in [-0.15, -0.1) is 0 Å². The second-order valence-electron chi connectivity index (χ2n) is 5.49. The van der Waals surface area contributed by atoms with Gasteiger partial charge in [-0.1, -0.05) is 40.2 Å². The number of urea groups is 1. The van der Waals surface area contributed by atoms with Gasteiger partial charge in [0.15, 0.2) is 0 Å². The molecule has 0 fully saturated rings. The third-order valence-corrected chi connectivity index (χ3v) is 3.93. The molecular weight excluding hydrogens is 394 g/mol. The molecule has 0 radical (unpaired) electrons. The molecule has 0 unspecified atom stereocenters. The minimum Gasteiger partial charge on any atom is -0.488 e. The molecular formula is C18H19BrF2N2O2. The van der Waals surface area contributed by atoms with Crippen LogP contribution in [0.1, 0.15) is 11.1 Å². The number of nitrogens with zero attached hydrogens (tertiary/aromatic N) is 1. The lowest BCUT2D eigenvalue weighted by atomic mass is 10.2. The van der Waals surface area contributed by atoms with Crippen LogP contribution < -0.4 is 10.1 Å². The van der Waals surface area contributed by atoms with Gasteiger partial charge in [-0.3, -0.25) is 0 Å². The molecule has 0 saturated carbocycles. The summed E-state index contributed by atoms with van der Waals surface area (Å²) in [4.78, 5) is 13.7. The normalized spacial score (nSPS) is 10.6. The quantitative estimate of drug-likeness (QED) is 0.730. The second kappa shape index (κ2) is 9.36. The molecule has 2 aromatic carbocycles. The molecule has 2 amide bonds. The topological polar surface area (TPSA) is 41.6 Å². The summed E-state index contributed by atoms with van der Waals surface area (Å²) in [6, 6.07) is 14.2. The van der Waals surface area contributed by atoms with E-state index in [0.29, 0.717) is 12.3 Å². The third-order valence-electron chi connectivity index (χ3n) is 3.40. The van der Waals surface area contributed by atoms with E-state index in [4.69, 9.17) is 4.74 Å². The molecule has 7 heteroatoms. The lowest BCUT2D eigenvalue weighted by molar-refractivity contribution is 0.0818. The van der Waals surface area contributed by atoms with Gasteiger partial charge in [-0.05, 0) is 35.4 Å². The van der Waals surface area contributed by atoms with Crippen LogP contribution in [0.15, 0.2) is 53.0 Å². The van der Waals surface area contributed by atoms with Crippen molar-refractivity contribution in [3.8, 4) is 5.75 Å². The van der Waals surface area contributed by atoms with E-state index in [-0.39, 0.29) is 12.6 Å². The number of rotatable bonds is 7. The van der Waals surface area contributed by atoms with E-state index in [1.54, 1.807) is 36.2 Å². The minimum atomic E-state index is -2.52. The maximum absolute atomic E-state index is 12.2. The van der Waals surface area contributed by atoms with Gasteiger partial charge in [-0.2, -0.15) is 0 Å². The molecule has 25 heavy (non-hydrogen) atoms. The van der Waals surface area contributed by atoms with Crippen LogP contribution in [0.3, 0.4) is 0 Å². The third kappa shape index (κ3) is 6.70. The lowest BCUT2D eigenvalue weighted by Crippen LogP contribution is -2.36. The molecule has 0 atom stereocenters. The van der Waals surface area contributed by atoms with Crippen molar-refractivity contribution in [3.63, 3.8) is 0 Å². The summed E-state index contributed by atoms with van der Waals surface area (Å²) in [7, 11) is 1.71. The summed E-state index contributed by atoms with van der Waals surface area (Å²) in [5, 5.41) is 2.80. The van der Waals surface area contributed by atoms with Gasteiger partial charge in [0, 0.05) is 24.6 Å². The van der Waals surface area contributed by atoms with Gasteiger partial charge in [0.1, 0.15) is 12.4 Å². The van der Waals surface area contributed by atoms with Crippen LogP contribution in [0.25, 0.3) is 0 Å². The molecule has 0 aliphatic heterocycles. The lowest BCUT2D eigenvalue weighted by Gasteiger charge is -2.18. The van der Waals surface area contributed by atoms with Crippen LogP contribution in [-0.2, 0) is 13.1 Å². The number of ether oxygens (including phenoxy) is 1. The number of nitrogens with one attached hydrogen (secondary N) is 1. The van der Waals surface area contributed by atoms with Gasteiger partial charge < -0.3 is 15.0 Å². The summed E-state index contributed by atoms with van der Waals surface area (Å²) in [6.45, 7) is 0.123. The average Bonchev–Trinajstić information content (AvgIpc) is 2.60. The van der Waals surface area contributed by atoms with Crippen molar-refractivity contribution in [2.45, 2.75) is 19.5 Å². The fraction of sp³-hybridized carbons (Fsp3) is 0.278. The van der Waals surface area contributed by atoms with Crippen molar-refractivity contribution in [2.75, 3.05) is 13.7 Å². The highest BCUT2D eigenvalue weighted by Crippen LogP contribution is 2.15. The summed E-state index contributed by atoms with van der Waals surface area (Å²) in [5.74, 6) is 0.357. The maximum Gasteiger partial charge on any atom is 0.317 e. The van der Waals surface area contributed by atoms with Gasteiger partial charge in [-0.25, -0.2) is 13.6 Å². The molecule has 0 bridgehead atoms. The Bertz CT molecular complexity index is 696. The van der Waals surface area contributed by atoms with Crippen LogP contribution >= 0.6 is 15.9 Å². The predicted octanol–water partition coefficient (Wildman–Crippen LogP) is 4.43. The highest BCUT2D eigenvalue weighted by atomic mass is 79.9. The Balaban J connectivity index is 1.84. The molecule has 2 aromatic rings. The number of carbonyl (C=O) groups excluding carboxylic acids is 1. The molecule has 4 nitrogen and oxygen atoms in total. The zero-order valence-electron chi connectivity index (χ0n) is 13.7. The Morgan fingerprint density at radius 1 is 1.20 bits per heavy atom. The SMILES string of the molecule is CN(Cc1ccc(Br)cc1)C(=O)NCc1cccc(OCC(F)F)c1. The zero-order chi connectivity index (χ0) is 18.2. The molecule has 0 spiro atoms. The number of alkyl halides is 2. The fourth-order valence-corrected chi connectivity index (χ4v) is 2.42. The monoisotopic (exact) mass is 412 g/mol. The Labute approximate surface area is 153 Å². The van der Waals surface area contributed by atoms with Crippen molar-refractivity contribution in [1.82, 2.24) is 10.2 Å². The standard InChI is InChI=1S/C18H19BrF2N2O2/c1-23(11-13-5-7-15(19)8-6-13)18(24)22-10-14-3-2-4-16(9-14)25-12-17(20)21/h2-9,17H,10-12H2,1H3,(H,22,24). The number of hydrogen-bond donors (Lipinski definition) is 1. The van der Waals surface area contributed by atoms with Crippen molar-refractivity contribution < 1.29 is 18.3 Å². The van der Waals surface area contributed by atoms with Crippen LogP contribution in [0.5, 0.6) is 5.75 Å². The number of amides is 2. The first-order valence-electron chi connectivity index (χ1n) is 7.67. The summed E-state index contributed by atoms with van der Waals surface area (Å²) in [6.07, 6.45) is -2.52. The van der Waals surface area contributed by atoms with E-state index in [1.807, 2.05) is 24.3 Å². The van der Waals surface area contributed by atoms with E-state index in [9.17, 15) is 13.6 Å². The van der Waals surface area contributed by atoms with Gasteiger partial charge in [0.05, 0.1) is 0 Å². The molecule has 2 rings (SSSR count). The van der Waals surface area contributed by atoms with Gasteiger partial charge in [0.25, 0.3) is 6.43 Å². The molecule has 0 heterocycles. The summed E-state index contributed by atoms with van der Waals surface area (Å²) >= 11 is 3.37. The highest BCUT2D eigenvalue weighted by molar-refractivity contribution is 9.10. The second-order valence-corrected chi connectivity index (χ2v) is 6.41. The maximum atomic E-state index is 12.2. The Morgan fingerprint density at radius 2 is 1.92 bits per heavy atom. The molecule has 1 N–H and O–H groups in total. The first-order chi connectivity index (χ1) is 11.9. The first kappa shape index (κ1) is 19.2. The van der Waals surface area contributed by atoms with Crippen LogP contribution in [0.4, 0.5) is 13.6 Å². The number of halogens is 3. The van der Waals surface area contributed by atoms with Crippen LogP contribution in [0, 0.1) is 0 Å². The molecule has 0 aliphatic carbocycles. The zero-order valence-corrected chi connectivity index (χ0v) is 15.3. The first-order valence-corrected chi connectivity index (χ1v) is 8.46. The highest BCUT2D eigenvalue weighted by Gasteiger charge is 2.09. The number of carbonyl (C=O) groups is 1. The van der Waals surface area contributed by atoms with Crippen LogP contribution in [-0.4, -0.2) is 31.0 Å². The largest absolute Gasteiger partial charge is 0.488 e. The fourth-order valence-electron chi connectivity index (χ4n) is 2.15. The van der Waals surface area contributed by atoms with E-state index in [2.05, 4.69) is 21.2 Å². The van der Waals surface area contributed by atoms with Crippen molar-refractivity contribution in [3.05, 3.63) is 64.1 Å². The molecule has 0 aliphatic rings. The molecule has 0 aromatic heterocycles. The smallest absolute Gasteiger partial charge is 0.317 e. The number of benzene rings is 2. The molecule has 134 valence electrons. The molecule has 0 saturated heterocycles. The van der Waals surface area contributed by atoms with E-state index < -0.39 is 13.0 Å². The van der Waals surface area contributed by atoms with Crippen molar-refractivity contribution in [2.24, 2.45) is 0 Å². The van der Waals surface area contributed by atoms with Gasteiger partial charge >= 0.3 is 6.03 Å². The summed E-state index contributed by atoms with van der Waals surface area (Å²) < 4.78 is 30.3. The van der Waals surface area contributed by atoms with E-state index in [1.165, 1.54) is 0 Å².